The number of carboxylic acid groups (broad SMARTS) is 1. The van der Waals surface area contributed by atoms with Crippen molar-refractivity contribution in [1.82, 2.24) is 5.43 Å². The summed E-state index contributed by atoms with van der Waals surface area (Å²) in [7, 11) is 0. The molecule has 1 aliphatic rings. The van der Waals surface area contributed by atoms with E-state index in [0.29, 0.717) is 0 Å². The van der Waals surface area contributed by atoms with Crippen molar-refractivity contribution in [1.29, 1.82) is 0 Å². The van der Waals surface area contributed by atoms with Crippen molar-refractivity contribution in [2.75, 3.05) is 0 Å². The second-order valence-electron chi connectivity index (χ2n) is 3.90. The number of nitrogens with zero attached hydrogens (tertiary/aromatic N) is 1. The molecule has 0 radical (unpaired) electrons. The minimum Gasteiger partial charge on any atom is -0.480 e. The molecule has 2 atom stereocenters. The summed E-state index contributed by atoms with van der Waals surface area (Å²) in [5.74, 6) is -1.59. The lowest BCUT2D eigenvalue weighted by Gasteiger charge is -2.30. The first-order valence-electron chi connectivity index (χ1n) is 5.04. The molecule has 0 fully saturated rings. The fourth-order valence-corrected chi connectivity index (χ4v) is 1.98. The van der Waals surface area contributed by atoms with Crippen molar-refractivity contribution in [3.63, 3.8) is 0 Å². The number of carbonyl (C=O) groups is 1. The third kappa shape index (κ3) is 1.71. The highest BCUT2D eigenvalue weighted by Crippen LogP contribution is 2.38. The molecule has 0 spiro atoms. The second-order valence-corrected chi connectivity index (χ2v) is 3.90. The largest absolute Gasteiger partial charge is 0.480 e. The van der Waals surface area contributed by atoms with Crippen LogP contribution >= 0.6 is 0 Å². The molecule has 2 N–H and O–H groups in total. The molecular weight excluding hydrogens is 249 g/mol. The number of aliphatic carboxylic acids is 1. The summed E-state index contributed by atoms with van der Waals surface area (Å²) >= 11 is 0. The molecule has 1 aliphatic heterocycles. The number of nitrogens with one attached hydrogen (secondary N) is 1. The van der Waals surface area contributed by atoms with E-state index in [1.165, 1.54) is 24.3 Å². The number of alkyl halides is 3. The summed E-state index contributed by atoms with van der Waals surface area (Å²) in [6.45, 7) is 0. The Hall–Kier alpha value is -2.05. The Balaban J connectivity index is 2.58. The van der Waals surface area contributed by atoms with Crippen LogP contribution in [0, 0.1) is 0 Å². The topological polar surface area (TPSA) is 61.7 Å². The minimum atomic E-state index is -4.72. The number of benzene rings is 1. The molecule has 1 heterocycles. The maximum Gasteiger partial charge on any atom is 0.411 e. The third-order valence-electron chi connectivity index (χ3n) is 2.86. The van der Waals surface area contributed by atoms with Crippen LogP contribution in [-0.2, 0) is 10.2 Å². The maximum atomic E-state index is 12.9. The fraction of sp³-hybridized carbons (Fsp3) is 0.273. The van der Waals surface area contributed by atoms with Crippen molar-refractivity contribution in [3.05, 3.63) is 35.9 Å². The summed E-state index contributed by atoms with van der Waals surface area (Å²) < 4.78 is 38.7. The van der Waals surface area contributed by atoms with Crippen molar-refractivity contribution in [3.8, 4) is 0 Å². The van der Waals surface area contributed by atoms with Crippen LogP contribution < -0.4 is 5.43 Å². The Bertz CT molecular complexity index is 487. The van der Waals surface area contributed by atoms with Gasteiger partial charge in [0.25, 0.3) is 0 Å². The van der Waals surface area contributed by atoms with Gasteiger partial charge in [-0.25, -0.2) is 0 Å². The van der Waals surface area contributed by atoms with Gasteiger partial charge in [0.05, 0.1) is 0 Å². The number of hydrazone groups is 1. The molecule has 4 nitrogen and oxygen atoms in total. The Morgan fingerprint density at radius 2 is 1.94 bits per heavy atom. The van der Waals surface area contributed by atoms with Gasteiger partial charge in [-0.05, 0) is 5.56 Å². The summed E-state index contributed by atoms with van der Waals surface area (Å²) in [6.07, 6.45) is -3.92. The number of carboxylic acids is 1. The predicted molar refractivity (Wildman–Crippen MR) is 57.2 cm³/mol. The number of halogens is 3. The molecular formula is C11H9F3N2O2. The van der Waals surface area contributed by atoms with Crippen LogP contribution in [0.15, 0.2) is 35.4 Å². The number of hydrogen-bond donors (Lipinski definition) is 2. The van der Waals surface area contributed by atoms with Crippen LogP contribution in [0.2, 0.25) is 0 Å². The van der Waals surface area contributed by atoms with E-state index in [1.54, 1.807) is 6.07 Å². The smallest absolute Gasteiger partial charge is 0.411 e. The maximum absolute atomic E-state index is 12.9. The zero-order valence-corrected chi connectivity index (χ0v) is 8.98. The van der Waals surface area contributed by atoms with Crippen LogP contribution in [0.5, 0.6) is 0 Å². The molecule has 0 aliphatic carbocycles. The first kappa shape index (κ1) is 12.4. The number of rotatable bonds is 2. The fourth-order valence-electron chi connectivity index (χ4n) is 1.98. The lowest BCUT2D eigenvalue weighted by molar-refractivity contribution is -0.175. The summed E-state index contributed by atoms with van der Waals surface area (Å²) in [5, 5.41) is 12.5. The lowest BCUT2D eigenvalue weighted by Crippen LogP contribution is -2.56. The van der Waals surface area contributed by atoms with Gasteiger partial charge in [0.2, 0.25) is 0 Å². The average molecular weight is 258 g/mol. The molecule has 7 heteroatoms. The first-order valence-corrected chi connectivity index (χ1v) is 5.04. The van der Waals surface area contributed by atoms with Crippen LogP contribution in [0.4, 0.5) is 13.2 Å². The molecule has 1 aromatic carbocycles. The van der Waals surface area contributed by atoms with E-state index in [4.69, 9.17) is 0 Å². The van der Waals surface area contributed by atoms with E-state index in [1.807, 2.05) is 5.43 Å². The number of hydrogen-bond acceptors (Lipinski definition) is 3. The van der Waals surface area contributed by atoms with Crippen LogP contribution in [0.3, 0.4) is 0 Å². The van der Waals surface area contributed by atoms with E-state index in [0.717, 1.165) is 6.21 Å². The van der Waals surface area contributed by atoms with Crippen LogP contribution in [0.25, 0.3) is 0 Å². The van der Waals surface area contributed by atoms with Gasteiger partial charge >= 0.3 is 12.1 Å². The van der Waals surface area contributed by atoms with Gasteiger partial charge < -0.3 is 5.11 Å². The zero-order valence-electron chi connectivity index (χ0n) is 8.98. The van der Waals surface area contributed by atoms with Crippen molar-refractivity contribution in [2.45, 2.75) is 17.6 Å². The van der Waals surface area contributed by atoms with E-state index in [2.05, 4.69) is 5.10 Å². The predicted octanol–water partition coefficient (Wildman–Crippen LogP) is 1.53. The van der Waals surface area contributed by atoms with Crippen molar-refractivity contribution >= 4 is 12.2 Å². The minimum absolute atomic E-state index is 0.0357. The molecule has 0 saturated heterocycles. The molecule has 1 aromatic rings. The molecule has 2 unspecified atom stereocenters. The summed E-state index contributed by atoms with van der Waals surface area (Å²) in [5.41, 5.74) is -0.356. The van der Waals surface area contributed by atoms with E-state index in [-0.39, 0.29) is 5.56 Å². The van der Waals surface area contributed by atoms with Gasteiger partial charge in [-0.3, -0.25) is 10.2 Å². The Morgan fingerprint density at radius 1 is 1.33 bits per heavy atom. The van der Waals surface area contributed by atoms with Crippen LogP contribution in [-0.4, -0.2) is 29.5 Å². The molecule has 0 saturated carbocycles. The first-order chi connectivity index (χ1) is 8.39. The highest BCUT2D eigenvalue weighted by atomic mass is 19.4. The van der Waals surface area contributed by atoms with Gasteiger partial charge in [-0.2, -0.15) is 18.3 Å². The summed E-state index contributed by atoms with van der Waals surface area (Å²) in [4.78, 5) is 11.3. The highest BCUT2D eigenvalue weighted by molar-refractivity contribution is 6.03. The van der Waals surface area contributed by atoms with E-state index < -0.39 is 23.6 Å². The van der Waals surface area contributed by atoms with Gasteiger partial charge in [-0.15, -0.1) is 0 Å². The van der Waals surface area contributed by atoms with Gasteiger partial charge in [-0.1, -0.05) is 30.3 Å². The Labute approximate surface area is 100 Å². The zero-order chi connectivity index (χ0) is 13.4. The van der Waals surface area contributed by atoms with Crippen LogP contribution in [0.1, 0.15) is 5.56 Å². The Morgan fingerprint density at radius 3 is 2.44 bits per heavy atom. The van der Waals surface area contributed by atoms with E-state index >= 15 is 0 Å². The van der Waals surface area contributed by atoms with Gasteiger partial charge in [0.1, 0.15) is 0 Å². The highest BCUT2D eigenvalue weighted by Gasteiger charge is 2.61. The molecule has 96 valence electrons. The standard InChI is InChI=1S/C11H9F3N2O2/c12-11(13,14)8-10(9(17)18,6-15-16-8)7-4-2-1-3-5-7/h1-6,8,16H,(H,17,18). The SMILES string of the molecule is O=C(O)C1(c2ccccc2)C=NNC1C(F)(F)F. The third-order valence-corrected chi connectivity index (χ3v) is 2.86. The normalized spacial score (nSPS) is 26.9. The molecule has 2 rings (SSSR count). The quantitative estimate of drug-likeness (QED) is 0.845. The second kappa shape index (κ2) is 4.01. The monoisotopic (exact) mass is 258 g/mol. The molecule has 0 bridgehead atoms. The lowest BCUT2D eigenvalue weighted by atomic mass is 9.75. The molecule has 0 amide bonds. The molecule has 0 aromatic heterocycles. The Kier molecular flexibility index (Phi) is 2.76. The summed E-state index contributed by atoms with van der Waals surface area (Å²) in [6, 6.07) is 4.97. The van der Waals surface area contributed by atoms with Gasteiger partial charge in [0.15, 0.2) is 11.5 Å². The van der Waals surface area contributed by atoms with E-state index in [9.17, 15) is 23.1 Å². The van der Waals surface area contributed by atoms with Gasteiger partial charge in [0, 0.05) is 6.21 Å². The van der Waals surface area contributed by atoms with Crippen molar-refractivity contribution in [2.24, 2.45) is 5.10 Å². The average Bonchev–Trinajstić information content (AvgIpc) is 2.75. The van der Waals surface area contributed by atoms with Crippen molar-refractivity contribution < 1.29 is 23.1 Å². The molecule has 18 heavy (non-hydrogen) atoms.